The van der Waals surface area contributed by atoms with Crippen molar-refractivity contribution in [3.05, 3.63) is 105 Å². The molecule has 1 aliphatic heterocycles. The van der Waals surface area contributed by atoms with Crippen LogP contribution in [0, 0.1) is 31.3 Å². The van der Waals surface area contributed by atoms with Crippen LogP contribution in [0.15, 0.2) is 65.3 Å². The van der Waals surface area contributed by atoms with Crippen LogP contribution in [-0.4, -0.2) is 16.2 Å². The molecule has 0 spiro atoms. The van der Waals surface area contributed by atoms with Gasteiger partial charge < -0.3 is 4.57 Å². The van der Waals surface area contributed by atoms with Crippen molar-refractivity contribution in [2.75, 3.05) is 5.01 Å². The second-order valence-corrected chi connectivity index (χ2v) is 9.20. The monoisotopic (exact) mass is 507 g/mol. The molecule has 0 aliphatic carbocycles. The maximum Gasteiger partial charge on any atom is 0.280 e. The number of para-hydroxylation sites is 1. The molecule has 0 radical (unpaired) electrons. The minimum Gasteiger partial charge on any atom is -0.340 e. The molecule has 0 bridgehead atoms. The largest absolute Gasteiger partial charge is 0.340 e. The Morgan fingerprint density at radius 2 is 1.64 bits per heavy atom. The first kappa shape index (κ1) is 23.9. The van der Waals surface area contributed by atoms with Crippen molar-refractivity contribution in [1.29, 1.82) is 0 Å². The number of amides is 1. The summed E-state index contributed by atoms with van der Waals surface area (Å²) in [6, 6.07) is 14.6. The number of carbonyl (C=O) groups is 1. The highest BCUT2D eigenvalue weighted by Crippen LogP contribution is 2.34. The summed E-state index contributed by atoms with van der Waals surface area (Å²) in [7, 11) is 0. The minimum atomic E-state index is -1.33. The number of nitrogens with zero attached hydrogens (tertiary/aromatic N) is 3. The molecule has 0 saturated heterocycles. The first-order valence-corrected chi connectivity index (χ1v) is 11.6. The molecular weight excluding hydrogens is 487 g/mol. The van der Waals surface area contributed by atoms with E-state index < -0.39 is 29.0 Å². The third-order valence-electron chi connectivity index (χ3n) is 6.42. The molecule has 0 atom stereocenters. The van der Waals surface area contributed by atoms with Gasteiger partial charge in [-0.3, -0.25) is 4.79 Å². The van der Waals surface area contributed by atoms with Gasteiger partial charge in [0.15, 0.2) is 17.5 Å². The summed E-state index contributed by atoms with van der Waals surface area (Å²) in [5.41, 5.74) is 5.07. The summed E-state index contributed by atoms with van der Waals surface area (Å²) < 4.78 is 43.8. The van der Waals surface area contributed by atoms with Crippen molar-refractivity contribution in [3.8, 4) is 0 Å². The highest BCUT2D eigenvalue weighted by atomic mass is 35.5. The van der Waals surface area contributed by atoms with Crippen LogP contribution in [0.4, 0.5) is 18.9 Å². The van der Waals surface area contributed by atoms with Crippen LogP contribution in [-0.2, 0) is 11.3 Å². The van der Waals surface area contributed by atoms with Crippen LogP contribution in [0.1, 0.15) is 29.3 Å². The van der Waals surface area contributed by atoms with E-state index in [1.807, 2.05) is 56.3 Å². The van der Waals surface area contributed by atoms with Crippen molar-refractivity contribution < 1.29 is 18.0 Å². The second-order valence-electron chi connectivity index (χ2n) is 8.76. The molecule has 1 amide bonds. The average Bonchev–Trinajstić information content (AvgIpc) is 3.27. The lowest BCUT2D eigenvalue weighted by atomic mass is 10.0. The highest BCUT2D eigenvalue weighted by Gasteiger charge is 2.32. The molecule has 0 unspecified atom stereocenters. The van der Waals surface area contributed by atoms with Crippen molar-refractivity contribution in [1.82, 2.24) is 4.57 Å². The Bertz CT molecular complexity index is 1600. The number of hydrogen-bond acceptors (Lipinski definition) is 2. The van der Waals surface area contributed by atoms with Crippen LogP contribution in [0.5, 0.6) is 0 Å². The maximum absolute atomic E-state index is 14.4. The lowest BCUT2D eigenvalue weighted by Gasteiger charge is -2.13. The van der Waals surface area contributed by atoms with E-state index in [0.29, 0.717) is 29.4 Å². The molecule has 0 N–H and O–H groups in total. The van der Waals surface area contributed by atoms with Gasteiger partial charge in [0.2, 0.25) is 0 Å². The molecule has 4 aromatic rings. The van der Waals surface area contributed by atoms with Gasteiger partial charge in [-0.2, -0.15) is 10.1 Å². The Kier molecular flexibility index (Phi) is 5.96. The van der Waals surface area contributed by atoms with Crippen molar-refractivity contribution in [2.45, 2.75) is 27.3 Å². The van der Waals surface area contributed by atoms with E-state index >= 15 is 0 Å². The fourth-order valence-corrected chi connectivity index (χ4v) is 4.69. The Morgan fingerprint density at radius 3 is 2.36 bits per heavy atom. The Labute approximate surface area is 210 Å². The van der Waals surface area contributed by atoms with E-state index in [2.05, 4.69) is 9.67 Å². The molecule has 8 heteroatoms. The van der Waals surface area contributed by atoms with Gasteiger partial charge in [-0.05, 0) is 50.1 Å². The Balaban J connectivity index is 1.61. The standard InChI is InChI=1S/C28H21ClF3N3O/c1-15-5-4-6-20-22(17(3)34(27(15)20)14-18-7-9-19(29)10-8-18)11-21-16(2)33-35(28(21)36)26-13-24(31)23(30)12-25(26)32/h4-13H,14H2,1-3H3/b21-11+. The first-order valence-electron chi connectivity index (χ1n) is 11.2. The van der Waals surface area contributed by atoms with Gasteiger partial charge in [0.25, 0.3) is 5.91 Å². The van der Waals surface area contributed by atoms with Crippen LogP contribution < -0.4 is 5.01 Å². The topological polar surface area (TPSA) is 37.6 Å². The van der Waals surface area contributed by atoms with Gasteiger partial charge in [0.05, 0.1) is 16.8 Å². The lowest BCUT2D eigenvalue weighted by molar-refractivity contribution is -0.114. The lowest BCUT2D eigenvalue weighted by Crippen LogP contribution is -2.22. The number of benzene rings is 3. The van der Waals surface area contributed by atoms with E-state index in [4.69, 9.17) is 11.6 Å². The van der Waals surface area contributed by atoms with Crippen molar-refractivity contribution >= 4 is 45.9 Å². The molecule has 3 aromatic carbocycles. The molecule has 1 aliphatic rings. The van der Waals surface area contributed by atoms with Crippen LogP contribution >= 0.6 is 11.6 Å². The number of anilines is 1. The fraction of sp³-hybridized carbons (Fsp3) is 0.143. The number of aryl methyl sites for hydroxylation is 1. The van der Waals surface area contributed by atoms with E-state index in [-0.39, 0.29) is 5.57 Å². The van der Waals surface area contributed by atoms with Gasteiger partial charge in [0.1, 0.15) is 5.69 Å². The fourth-order valence-electron chi connectivity index (χ4n) is 4.56. The summed E-state index contributed by atoms with van der Waals surface area (Å²) in [5, 5.41) is 6.52. The van der Waals surface area contributed by atoms with Gasteiger partial charge in [-0.25, -0.2) is 13.2 Å². The van der Waals surface area contributed by atoms with Crippen LogP contribution in [0.3, 0.4) is 0 Å². The Hall–Kier alpha value is -3.84. The van der Waals surface area contributed by atoms with Gasteiger partial charge in [-0.15, -0.1) is 0 Å². The first-order chi connectivity index (χ1) is 17.2. The number of fused-ring (bicyclic) bond motifs is 1. The van der Waals surface area contributed by atoms with Gasteiger partial charge in [-0.1, -0.05) is 41.9 Å². The number of aromatic nitrogens is 1. The van der Waals surface area contributed by atoms with Crippen molar-refractivity contribution in [2.24, 2.45) is 5.10 Å². The zero-order valence-electron chi connectivity index (χ0n) is 19.7. The average molecular weight is 508 g/mol. The second kappa shape index (κ2) is 8.99. The summed E-state index contributed by atoms with van der Waals surface area (Å²) in [6.07, 6.45) is 1.73. The minimum absolute atomic E-state index is 0.245. The smallest absolute Gasteiger partial charge is 0.280 e. The van der Waals surface area contributed by atoms with Crippen molar-refractivity contribution in [3.63, 3.8) is 0 Å². The van der Waals surface area contributed by atoms with Crippen LogP contribution in [0.2, 0.25) is 5.02 Å². The zero-order chi connectivity index (χ0) is 25.7. The number of halogens is 4. The van der Waals surface area contributed by atoms with E-state index in [1.165, 1.54) is 0 Å². The molecule has 182 valence electrons. The summed E-state index contributed by atoms with van der Waals surface area (Å²) in [5.74, 6) is -4.30. The van der Waals surface area contributed by atoms with Gasteiger partial charge >= 0.3 is 0 Å². The molecule has 4 nitrogen and oxygen atoms in total. The molecule has 1 aromatic heterocycles. The molecule has 0 fully saturated rings. The predicted octanol–water partition coefficient (Wildman–Crippen LogP) is 7.18. The SMILES string of the molecule is CC1=NN(c2cc(F)c(F)cc2F)C(=O)/C1=C/c1c(C)n(Cc2ccc(Cl)cc2)c2c(C)cccc12. The van der Waals surface area contributed by atoms with E-state index in [0.717, 1.165) is 38.3 Å². The Morgan fingerprint density at radius 1 is 0.944 bits per heavy atom. The summed E-state index contributed by atoms with van der Waals surface area (Å²) >= 11 is 6.05. The number of hydrazone groups is 1. The number of hydrogen-bond donors (Lipinski definition) is 0. The maximum atomic E-state index is 14.4. The quantitative estimate of drug-likeness (QED) is 0.213. The van der Waals surface area contributed by atoms with Gasteiger partial charge in [0, 0.05) is 40.3 Å². The molecular formula is C28H21ClF3N3O. The normalized spacial score (nSPS) is 14.9. The molecule has 36 heavy (non-hydrogen) atoms. The molecule has 5 rings (SSSR count). The predicted molar refractivity (Wildman–Crippen MR) is 137 cm³/mol. The van der Waals surface area contributed by atoms with E-state index in [1.54, 1.807) is 13.0 Å². The number of carbonyl (C=O) groups excluding carboxylic acids is 1. The third-order valence-corrected chi connectivity index (χ3v) is 6.67. The third kappa shape index (κ3) is 3.99. The molecule has 0 saturated carbocycles. The zero-order valence-corrected chi connectivity index (χ0v) is 20.5. The summed E-state index contributed by atoms with van der Waals surface area (Å²) in [4.78, 5) is 13.3. The van der Waals surface area contributed by atoms with E-state index in [9.17, 15) is 18.0 Å². The highest BCUT2D eigenvalue weighted by molar-refractivity contribution is 6.32. The number of rotatable bonds is 4. The summed E-state index contributed by atoms with van der Waals surface area (Å²) in [6.45, 7) is 6.22. The molecule has 2 heterocycles. The van der Waals surface area contributed by atoms with Crippen LogP contribution in [0.25, 0.3) is 17.0 Å².